The van der Waals surface area contributed by atoms with E-state index in [0.29, 0.717) is 22.7 Å². The molecule has 2 aromatic carbocycles. The summed E-state index contributed by atoms with van der Waals surface area (Å²) < 4.78 is 36.1. The number of aryl methyl sites for hydroxylation is 1. The van der Waals surface area contributed by atoms with Crippen LogP contribution in [-0.4, -0.2) is 38.5 Å². The van der Waals surface area contributed by atoms with Crippen LogP contribution in [0.2, 0.25) is 5.02 Å². The van der Waals surface area contributed by atoms with E-state index < -0.39 is 20.9 Å². The van der Waals surface area contributed by atoms with Crippen molar-refractivity contribution >= 4 is 33.0 Å². The van der Waals surface area contributed by atoms with Crippen molar-refractivity contribution in [2.45, 2.75) is 17.8 Å². The Morgan fingerprint density at radius 3 is 2.55 bits per heavy atom. The standard InChI is InChI=1S/C21H20ClN3O5S/c1-13-6-4-5-7-14(13)12-31(27,28)21-23-11-16(22)19(25-21)20(26)24-17-9-8-15(29-2)10-18(17)30-3/h4-11H,12H2,1-3H3,(H,24,26). The number of benzene rings is 2. The van der Waals surface area contributed by atoms with Crippen LogP contribution in [-0.2, 0) is 15.6 Å². The van der Waals surface area contributed by atoms with Gasteiger partial charge in [0, 0.05) is 6.07 Å². The average Bonchev–Trinajstić information content (AvgIpc) is 2.75. The zero-order chi connectivity index (χ0) is 22.6. The van der Waals surface area contributed by atoms with Gasteiger partial charge < -0.3 is 14.8 Å². The second-order valence-corrected chi connectivity index (χ2v) is 8.85. The molecule has 0 bridgehead atoms. The zero-order valence-corrected chi connectivity index (χ0v) is 18.6. The Hall–Kier alpha value is -3.17. The number of carbonyl (C=O) groups is 1. The highest BCUT2D eigenvalue weighted by atomic mass is 35.5. The first-order valence-corrected chi connectivity index (χ1v) is 11.1. The quantitative estimate of drug-likeness (QED) is 0.534. The van der Waals surface area contributed by atoms with Crippen molar-refractivity contribution in [2.24, 2.45) is 0 Å². The molecule has 0 aliphatic heterocycles. The van der Waals surface area contributed by atoms with Crippen molar-refractivity contribution in [1.82, 2.24) is 9.97 Å². The normalized spacial score (nSPS) is 11.1. The van der Waals surface area contributed by atoms with Crippen LogP contribution in [0.15, 0.2) is 53.8 Å². The molecule has 0 unspecified atom stereocenters. The number of halogens is 1. The minimum atomic E-state index is -3.91. The first kappa shape index (κ1) is 22.5. The van der Waals surface area contributed by atoms with Gasteiger partial charge in [0.2, 0.25) is 15.0 Å². The summed E-state index contributed by atoms with van der Waals surface area (Å²) in [6, 6.07) is 11.9. The number of ether oxygens (including phenoxy) is 2. The van der Waals surface area contributed by atoms with Gasteiger partial charge in [-0.05, 0) is 30.2 Å². The highest BCUT2D eigenvalue weighted by molar-refractivity contribution is 7.90. The van der Waals surface area contributed by atoms with Gasteiger partial charge in [-0.1, -0.05) is 35.9 Å². The van der Waals surface area contributed by atoms with E-state index in [9.17, 15) is 13.2 Å². The molecule has 31 heavy (non-hydrogen) atoms. The maximum atomic E-state index is 12.8. The van der Waals surface area contributed by atoms with Crippen LogP contribution < -0.4 is 14.8 Å². The summed E-state index contributed by atoms with van der Waals surface area (Å²) in [6.07, 6.45) is 1.10. The third kappa shape index (κ3) is 5.12. The molecule has 1 aromatic heterocycles. The zero-order valence-electron chi connectivity index (χ0n) is 17.0. The van der Waals surface area contributed by atoms with Crippen LogP contribution in [0.1, 0.15) is 21.6 Å². The van der Waals surface area contributed by atoms with E-state index in [0.717, 1.165) is 11.8 Å². The third-order valence-electron chi connectivity index (χ3n) is 4.48. The van der Waals surface area contributed by atoms with E-state index in [1.54, 1.807) is 30.3 Å². The summed E-state index contributed by atoms with van der Waals surface area (Å²) in [5.41, 5.74) is 1.52. The Morgan fingerprint density at radius 1 is 1.13 bits per heavy atom. The minimum Gasteiger partial charge on any atom is -0.497 e. The molecule has 0 saturated carbocycles. The predicted octanol–water partition coefficient (Wildman–Crippen LogP) is 3.68. The Kier molecular flexibility index (Phi) is 6.77. The molecule has 0 atom stereocenters. The lowest BCUT2D eigenvalue weighted by molar-refractivity contribution is 0.102. The Morgan fingerprint density at radius 2 is 1.87 bits per heavy atom. The maximum Gasteiger partial charge on any atom is 0.276 e. The molecule has 3 aromatic rings. The number of hydrogen-bond donors (Lipinski definition) is 1. The number of rotatable bonds is 7. The van der Waals surface area contributed by atoms with E-state index in [4.69, 9.17) is 21.1 Å². The summed E-state index contributed by atoms with van der Waals surface area (Å²) in [5.74, 6) is -0.109. The molecule has 1 N–H and O–H groups in total. The lowest BCUT2D eigenvalue weighted by atomic mass is 10.1. The van der Waals surface area contributed by atoms with Crippen LogP contribution in [0.3, 0.4) is 0 Å². The fourth-order valence-corrected chi connectivity index (χ4v) is 4.27. The lowest BCUT2D eigenvalue weighted by Gasteiger charge is -2.12. The molecule has 8 nitrogen and oxygen atoms in total. The molecule has 10 heteroatoms. The van der Waals surface area contributed by atoms with Gasteiger partial charge in [0.05, 0.1) is 36.9 Å². The fraction of sp³-hybridized carbons (Fsp3) is 0.190. The number of anilines is 1. The van der Waals surface area contributed by atoms with Crippen LogP contribution in [0.25, 0.3) is 0 Å². The number of amides is 1. The smallest absolute Gasteiger partial charge is 0.276 e. The molecule has 162 valence electrons. The summed E-state index contributed by atoms with van der Waals surface area (Å²) in [4.78, 5) is 20.6. The van der Waals surface area contributed by atoms with E-state index in [1.165, 1.54) is 14.2 Å². The molecule has 0 radical (unpaired) electrons. The molecular weight excluding hydrogens is 442 g/mol. The van der Waals surface area contributed by atoms with Crippen molar-refractivity contribution in [2.75, 3.05) is 19.5 Å². The number of aromatic nitrogens is 2. The predicted molar refractivity (Wildman–Crippen MR) is 117 cm³/mol. The molecule has 1 amide bonds. The molecule has 3 rings (SSSR count). The lowest BCUT2D eigenvalue weighted by Crippen LogP contribution is -2.18. The van der Waals surface area contributed by atoms with Gasteiger partial charge in [-0.15, -0.1) is 0 Å². The minimum absolute atomic E-state index is 0.0835. The third-order valence-corrected chi connectivity index (χ3v) is 6.20. The molecular formula is C21H20ClN3O5S. The highest BCUT2D eigenvalue weighted by Gasteiger charge is 2.24. The molecule has 0 fully saturated rings. The molecule has 1 heterocycles. The molecule has 0 spiro atoms. The molecule has 0 saturated heterocycles. The van der Waals surface area contributed by atoms with Gasteiger partial charge >= 0.3 is 0 Å². The van der Waals surface area contributed by atoms with Crippen molar-refractivity contribution in [3.63, 3.8) is 0 Å². The van der Waals surface area contributed by atoms with Gasteiger partial charge in [0.15, 0.2) is 5.69 Å². The van der Waals surface area contributed by atoms with E-state index in [2.05, 4.69) is 15.3 Å². The number of sulfone groups is 1. The van der Waals surface area contributed by atoms with Crippen molar-refractivity contribution < 1.29 is 22.7 Å². The van der Waals surface area contributed by atoms with Gasteiger partial charge in [0.1, 0.15) is 11.5 Å². The number of nitrogens with one attached hydrogen (secondary N) is 1. The molecule has 0 aliphatic carbocycles. The number of hydrogen-bond acceptors (Lipinski definition) is 7. The molecule has 0 aliphatic rings. The Balaban J connectivity index is 1.90. The van der Waals surface area contributed by atoms with Gasteiger partial charge in [-0.2, -0.15) is 0 Å². The first-order valence-electron chi connectivity index (χ1n) is 9.08. The van der Waals surface area contributed by atoms with Crippen molar-refractivity contribution in [3.05, 3.63) is 70.5 Å². The van der Waals surface area contributed by atoms with Crippen LogP contribution >= 0.6 is 11.6 Å². The number of carbonyl (C=O) groups excluding carboxylic acids is 1. The van der Waals surface area contributed by atoms with Crippen LogP contribution in [0, 0.1) is 6.92 Å². The van der Waals surface area contributed by atoms with E-state index in [-0.39, 0.29) is 16.5 Å². The SMILES string of the molecule is COc1ccc(NC(=O)c2nc(S(=O)(=O)Cc3ccccc3C)ncc2Cl)c(OC)c1. The van der Waals surface area contributed by atoms with Gasteiger partial charge in [0.25, 0.3) is 5.91 Å². The van der Waals surface area contributed by atoms with Crippen LogP contribution in [0.5, 0.6) is 11.5 Å². The Bertz CT molecular complexity index is 1230. The summed E-state index contributed by atoms with van der Waals surface area (Å²) in [7, 11) is -0.956. The summed E-state index contributed by atoms with van der Waals surface area (Å²) >= 11 is 6.08. The number of methoxy groups -OCH3 is 2. The monoisotopic (exact) mass is 461 g/mol. The van der Waals surface area contributed by atoms with E-state index >= 15 is 0 Å². The van der Waals surface area contributed by atoms with Crippen LogP contribution in [0.4, 0.5) is 5.69 Å². The topological polar surface area (TPSA) is 107 Å². The second-order valence-electron chi connectivity index (χ2n) is 6.56. The average molecular weight is 462 g/mol. The van der Waals surface area contributed by atoms with Gasteiger partial charge in [-0.3, -0.25) is 4.79 Å². The van der Waals surface area contributed by atoms with Gasteiger partial charge in [-0.25, -0.2) is 18.4 Å². The second kappa shape index (κ2) is 9.32. The first-order chi connectivity index (χ1) is 14.7. The summed E-state index contributed by atoms with van der Waals surface area (Å²) in [6.45, 7) is 1.81. The number of nitrogens with zero attached hydrogens (tertiary/aromatic N) is 2. The fourth-order valence-electron chi connectivity index (χ4n) is 2.78. The summed E-state index contributed by atoms with van der Waals surface area (Å²) in [5, 5.41) is 2.06. The van der Waals surface area contributed by atoms with E-state index in [1.807, 2.05) is 19.1 Å². The Labute approximate surface area is 185 Å². The highest BCUT2D eigenvalue weighted by Crippen LogP contribution is 2.30. The van der Waals surface area contributed by atoms with Crippen molar-refractivity contribution in [3.8, 4) is 11.5 Å². The largest absolute Gasteiger partial charge is 0.497 e. The van der Waals surface area contributed by atoms with Crippen molar-refractivity contribution in [1.29, 1.82) is 0 Å². The maximum absolute atomic E-state index is 12.8.